The zero-order chi connectivity index (χ0) is 27.8. The molecule has 0 aliphatic carbocycles. The first kappa shape index (κ1) is 30.1. The third-order valence-corrected chi connectivity index (χ3v) is 6.78. The fourth-order valence-corrected chi connectivity index (χ4v) is 5.93. The monoisotopic (exact) mass is 762 g/mol. The largest absolute Gasteiger partial charge is 0.489 e. The maximum absolute atomic E-state index is 12.7. The van der Waals surface area contributed by atoms with Crippen LogP contribution in [0.3, 0.4) is 0 Å². The van der Waals surface area contributed by atoms with Crippen LogP contribution in [0, 0.1) is 7.14 Å². The van der Waals surface area contributed by atoms with Crippen molar-refractivity contribution in [1.82, 2.24) is 16.1 Å². The van der Waals surface area contributed by atoms with Gasteiger partial charge in [0.15, 0.2) is 11.7 Å². The van der Waals surface area contributed by atoms with Gasteiger partial charge in [0, 0.05) is 20.4 Å². The molecule has 0 spiro atoms. The number of ether oxygens (including phenoxy) is 3. The number of para-hydroxylation sites is 1. The Kier molecular flexibility index (Phi) is 11.1. The number of thiocarbonyl (C=S) groups is 1. The number of hydrogen-bond donors (Lipinski definition) is 3. The molecule has 12 heteroatoms. The minimum absolute atomic E-state index is 0.00874. The highest BCUT2D eigenvalue weighted by Gasteiger charge is 2.32. The molecule has 0 fully saturated rings. The van der Waals surface area contributed by atoms with E-state index < -0.39 is 17.9 Å². The van der Waals surface area contributed by atoms with E-state index in [0.717, 1.165) is 12.7 Å². The molecule has 1 heterocycles. The second-order valence-corrected chi connectivity index (χ2v) is 11.2. The summed E-state index contributed by atoms with van der Waals surface area (Å²) in [5, 5.41) is 10.5. The fourth-order valence-electron chi connectivity index (χ4n) is 3.64. The van der Waals surface area contributed by atoms with Gasteiger partial charge in [0.1, 0.15) is 11.5 Å². The maximum Gasteiger partial charge on any atom is 0.338 e. The number of halogens is 2. The smallest absolute Gasteiger partial charge is 0.338 e. The Bertz CT molecular complexity index is 1280. The van der Waals surface area contributed by atoms with E-state index in [2.05, 4.69) is 66.3 Å². The molecule has 0 saturated heterocycles. The normalized spacial score (nSPS) is 15.2. The van der Waals surface area contributed by atoms with Gasteiger partial charge >= 0.3 is 5.97 Å². The predicted molar refractivity (Wildman–Crippen MR) is 166 cm³/mol. The summed E-state index contributed by atoms with van der Waals surface area (Å²) in [6.45, 7) is 7.34. The number of esters is 1. The second-order valence-electron chi connectivity index (χ2n) is 8.38. The van der Waals surface area contributed by atoms with Gasteiger partial charge in [0.2, 0.25) is 0 Å². The quantitative estimate of drug-likeness (QED) is 0.106. The Balaban J connectivity index is 1.73. The molecule has 1 aliphatic heterocycles. The lowest BCUT2D eigenvalue weighted by molar-refractivity contribution is -0.139. The summed E-state index contributed by atoms with van der Waals surface area (Å²) in [6.07, 6.45) is 1.54. The number of carbonyl (C=O) groups is 2. The van der Waals surface area contributed by atoms with E-state index in [1.165, 1.54) is 0 Å². The molecule has 1 aliphatic rings. The van der Waals surface area contributed by atoms with Gasteiger partial charge in [-0.25, -0.2) is 10.2 Å². The van der Waals surface area contributed by atoms with E-state index in [1.54, 1.807) is 38.3 Å². The van der Waals surface area contributed by atoms with Crippen LogP contribution in [0.15, 0.2) is 52.8 Å². The highest BCUT2D eigenvalue weighted by molar-refractivity contribution is 14.1. The molecular weight excluding hydrogens is 734 g/mol. The van der Waals surface area contributed by atoms with Crippen LogP contribution in [-0.4, -0.2) is 42.5 Å². The van der Waals surface area contributed by atoms with Crippen molar-refractivity contribution >= 4 is 80.6 Å². The Labute approximate surface area is 254 Å². The van der Waals surface area contributed by atoms with Crippen LogP contribution in [0.25, 0.3) is 0 Å². The van der Waals surface area contributed by atoms with Gasteiger partial charge < -0.3 is 24.8 Å². The molecule has 1 amide bonds. The zero-order valence-electron chi connectivity index (χ0n) is 21.3. The molecule has 1 atom stereocenters. The number of benzene rings is 2. The average Bonchev–Trinajstić information content (AvgIpc) is 2.84. The topological polar surface area (TPSA) is 110 Å². The van der Waals surface area contributed by atoms with E-state index in [1.807, 2.05) is 32.0 Å². The summed E-state index contributed by atoms with van der Waals surface area (Å²) < 4.78 is 19.0. The first-order chi connectivity index (χ1) is 18.1. The molecule has 0 aromatic heterocycles. The number of hydrazone groups is 1. The fraction of sp³-hybridized carbons (Fsp3) is 0.308. The Hall–Kier alpha value is -2.46. The second kappa shape index (κ2) is 14.1. The number of amides is 1. The van der Waals surface area contributed by atoms with E-state index in [4.69, 9.17) is 26.4 Å². The minimum Gasteiger partial charge on any atom is -0.489 e. The van der Waals surface area contributed by atoms with Crippen molar-refractivity contribution in [3.05, 3.63) is 65.9 Å². The van der Waals surface area contributed by atoms with Crippen LogP contribution in [0.1, 0.15) is 44.9 Å². The molecule has 0 bridgehead atoms. The van der Waals surface area contributed by atoms with Crippen LogP contribution >= 0.6 is 57.4 Å². The van der Waals surface area contributed by atoms with Crippen LogP contribution in [0.2, 0.25) is 0 Å². The molecular formula is C26H28I2N4O5S. The molecule has 2 aromatic rings. The van der Waals surface area contributed by atoms with Gasteiger partial charge in [0.25, 0.3) is 5.91 Å². The first-order valence-corrected chi connectivity index (χ1v) is 14.3. The molecule has 2 aromatic carbocycles. The lowest BCUT2D eigenvalue weighted by atomic mass is 9.95. The van der Waals surface area contributed by atoms with Gasteiger partial charge in [-0.2, -0.15) is 5.10 Å². The number of allylic oxidation sites excluding steroid dienone is 1. The van der Waals surface area contributed by atoms with Crippen LogP contribution in [-0.2, 0) is 14.3 Å². The van der Waals surface area contributed by atoms with E-state index in [0.29, 0.717) is 33.4 Å². The van der Waals surface area contributed by atoms with Crippen molar-refractivity contribution in [2.24, 2.45) is 5.10 Å². The van der Waals surface area contributed by atoms with Gasteiger partial charge in [-0.15, -0.1) is 0 Å². The Morgan fingerprint density at radius 2 is 1.97 bits per heavy atom. The van der Waals surface area contributed by atoms with Crippen molar-refractivity contribution in [3.8, 4) is 11.5 Å². The van der Waals surface area contributed by atoms with E-state index >= 15 is 0 Å². The van der Waals surface area contributed by atoms with E-state index in [-0.39, 0.29) is 19.3 Å². The van der Waals surface area contributed by atoms with Crippen molar-refractivity contribution in [1.29, 1.82) is 0 Å². The summed E-state index contributed by atoms with van der Waals surface area (Å²) in [7, 11) is 0. The molecule has 3 rings (SSSR count). The number of carbonyl (C=O) groups excluding carboxylic acids is 2. The number of rotatable bonds is 10. The summed E-state index contributed by atoms with van der Waals surface area (Å²) in [6, 6.07) is 10.4. The number of nitrogens with one attached hydrogen (secondary N) is 3. The summed E-state index contributed by atoms with van der Waals surface area (Å²) in [4.78, 5) is 25.2. The van der Waals surface area contributed by atoms with Crippen molar-refractivity contribution in [3.63, 3.8) is 0 Å². The average molecular weight is 762 g/mol. The minimum atomic E-state index is -0.609. The molecule has 202 valence electrons. The zero-order valence-corrected chi connectivity index (χ0v) is 26.4. The van der Waals surface area contributed by atoms with Gasteiger partial charge in [-0.1, -0.05) is 18.2 Å². The molecule has 0 radical (unpaired) electrons. The molecule has 3 N–H and O–H groups in total. The molecule has 9 nitrogen and oxygen atoms in total. The third-order valence-electron chi connectivity index (χ3n) is 5.14. The van der Waals surface area contributed by atoms with E-state index in [9.17, 15) is 9.59 Å². The van der Waals surface area contributed by atoms with Crippen LogP contribution in [0.4, 0.5) is 0 Å². The Morgan fingerprint density at radius 3 is 2.68 bits per heavy atom. The first-order valence-electron chi connectivity index (χ1n) is 11.7. The molecule has 0 unspecified atom stereocenters. The van der Waals surface area contributed by atoms with Crippen LogP contribution < -0.4 is 25.5 Å². The Morgan fingerprint density at radius 1 is 1.24 bits per heavy atom. The lowest BCUT2D eigenvalue weighted by Gasteiger charge is -2.30. The summed E-state index contributed by atoms with van der Waals surface area (Å²) >= 11 is 9.75. The van der Waals surface area contributed by atoms with Gasteiger partial charge in [-0.3, -0.25) is 4.79 Å². The maximum atomic E-state index is 12.7. The van der Waals surface area contributed by atoms with Gasteiger partial charge in [0.05, 0.1) is 34.1 Å². The summed E-state index contributed by atoms with van der Waals surface area (Å²) in [5.41, 5.74) is 4.86. The standard InChI is InChI=1S/C26H28I2N4O5S/c1-5-35-25(34)22-15(4)30-26(38)31-23(22)18-8-6-7-9-20(18)36-13-21(33)32-29-12-16-10-17(27)11-19(28)24(16)37-14(2)3/h6-12,14,23H,5,13H2,1-4H3,(H,32,33)(H2,30,31,38)/t23-/m0/s1. The molecule has 0 saturated carbocycles. The SMILES string of the molecule is CCOC(=O)C1=C(C)NC(=S)N[C@H]1c1ccccc1OCC(=O)NN=Cc1cc(I)cc(I)c1OC(C)C. The van der Waals surface area contributed by atoms with Crippen molar-refractivity contribution in [2.75, 3.05) is 13.2 Å². The van der Waals surface area contributed by atoms with Crippen molar-refractivity contribution < 1.29 is 23.8 Å². The van der Waals surface area contributed by atoms with Crippen LogP contribution in [0.5, 0.6) is 11.5 Å². The highest BCUT2D eigenvalue weighted by atomic mass is 127. The van der Waals surface area contributed by atoms with Gasteiger partial charge in [-0.05, 0) is 103 Å². The predicted octanol–water partition coefficient (Wildman–Crippen LogP) is 4.57. The summed E-state index contributed by atoms with van der Waals surface area (Å²) in [5.74, 6) is 0.208. The van der Waals surface area contributed by atoms with Crippen molar-refractivity contribution in [2.45, 2.75) is 39.8 Å². The third kappa shape index (κ3) is 8.02. The highest BCUT2D eigenvalue weighted by Crippen LogP contribution is 2.33. The lowest BCUT2D eigenvalue weighted by Crippen LogP contribution is -2.45. The number of nitrogens with zero attached hydrogens (tertiary/aromatic N) is 1. The molecule has 38 heavy (non-hydrogen) atoms. The number of hydrogen-bond acceptors (Lipinski definition) is 7.